The van der Waals surface area contributed by atoms with Gasteiger partial charge in [-0.25, -0.2) is 9.98 Å². The lowest BCUT2D eigenvalue weighted by molar-refractivity contribution is 0.150. The number of nitrogens with zero attached hydrogens (tertiary/aromatic N) is 2. The second kappa shape index (κ2) is 6.00. The third-order valence-corrected chi connectivity index (χ3v) is 2.36. The highest BCUT2D eigenvalue weighted by Crippen LogP contribution is 2.06. The Kier molecular flexibility index (Phi) is 4.10. The van der Waals surface area contributed by atoms with E-state index in [9.17, 15) is 0 Å². The first-order chi connectivity index (χ1) is 8.34. The molecule has 0 spiro atoms. The normalized spacial score (nSPS) is 16.5. The number of aliphatic imine (C=N–C) groups is 1. The fourth-order valence-corrected chi connectivity index (χ4v) is 1.51. The zero-order valence-electron chi connectivity index (χ0n) is 9.60. The lowest BCUT2D eigenvalue weighted by Crippen LogP contribution is -2.24. The maximum absolute atomic E-state index is 5.75. The smallest absolute Gasteiger partial charge is 0.194 e. The van der Waals surface area contributed by atoms with Crippen molar-refractivity contribution in [1.82, 2.24) is 4.98 Å². The molecule has 90 valence electrons. The third kappa shape index (κ3) is 3.88. The maximum atomic E-state index is 5.75. The number of hydrogen-bond acceptors (Lipinski definition) is 3. The zero-order valence-corrected chi connectivity index (χ0v) is 9.60. The van der Waals surface area contributed by atoms with Gasteiger partial charge in [-0.15, -0.1) is 0 Å². The van der Waals surface area contributed by atoms with Crippen molar-refractivity contribution in [2.45, 2.75) is 6.42 Å². The van der Waals surface area contributed by atoms with Crippen LogP contribution in [0, 0.1) is 0 Å². The summed E-state index contributed by atoms with van der Waals surface area (Å²) in [5.74, 6) is 1.07. The average molecular weight is 232 g/mol. The van der Waals surface area contributed by atoms with Crippen molar-refractivity contribution < 1.29 is 4.74 Å². The van der Waals surface area contributed by atoms with Crippen LogP contribution in [0.4, 0.5) is 5.82 Å². The van der Waals surface area contributed by atoms with Crippen LogP contribution in [0.1, 0.15) is 6.42 Å². The van der Waals surface area contributed by atoms with E-state index in [1.807, 2.05) is 18.2 Å². The quantitative estimate of drug-likeness (QED) is 0.466. The largest absolute Gasteiger partial charge is 0.377 e. The average Bonchev–Trinajstić information content (AvgIpc) is 2.39. The van der Waals surface area contributed by atoms with Gasteiger partial charge >= 0.3 is 0 Å². The molecular formula is C12H16N4O. The molecule has 0 saturated carbocycles. The van der Waals surface area contributed by atoms with Crippen LogP contribution in [-0.4, -0.2) is 30.7 Å². The molecule has 3 N–H and O–H groups in total. The number of ether oxygens (including phenoxy) is 1. The lowest BCUT2D eigenvalue weighted by atomic mass is 10.2. The summed E-state index contributed by atoms with van der Waals surface area (Å²) in [6, 6.07) is 5.58. The number of nitrogens with two attached hydrogens (primary N) is 1. The summed E-state index contributed by atoms with van der Waals surface area (Å²) in [5, 5.41) is 2.93. The molecule has 0 unspecified atom stereocenters. The predicted molar refractivity (Wildman–Crippen MR) is 67.9 cm³/mol. The summed E-state index contributed by atoms with van der Waals surface area (Å²) in [6.07, 6.45) is 4.81. The van der Waals surface area contributed by atoms with E-state index in [-0.39, 0.29) is 0 Å². The van der Waals surface area contributed by atoms with Crippen molar-refractivity contribution in [3.8, 4) is 0 Å². The van der Waals surface area contributed by atoms with Crippen LogP contribution in [0.5, 0.6) is 0 Å². The van der Waals surface area contributed by atoms with Gasteiger partial charge in [0.15, 0.2) is 5.96 Å². The molecule has 0 saturated heterocycles. The standard InChI is InChI=1S/C12H16N4O/c13-12(16-11-5-1-2-6-14-11)15-8-10-4-3-7-17-9-10/h1-2,4-6H,3,7-9H2,(H3,13,14,15,16). The van der Waals surface area contributed by atoms with E-state index in [1.165, 1.54) is 5.57 Å². The minimum absolute atomic E-state index is 0.371. The molecule has 5 nitrogen and oxygen atoms in total. The van der Waals surface area contributed by atoms with Crippen LogP contribution in [0.15, 0.2) is 41.0 Å². The molecule has 1 aliphatic rings. The zero-order chi connectivity index (χ0) is 11.9. The molecule has 0 aromatic carbocycles. The summed E-state index contributed by atoms with van der Waals surface area (Å²) in [7, 11) is 0. The first-order valence-corrected chi connectivity index (χ1v) is 5.58. The molecule has 0 bridgehead atoms. The Balaban J connectivity index is 1.87. The Hall–Kier alpha value is -1.88. The van der Waals surface area contributed by atoms with Crippen LogP contribution >= 0.6 is 0 Å². The van der Waals surface area contributed by atoms with Crippen LogP contribution in [0.2, 0.25) is 0 Å². The van der Waals surface area contributed by atoms with Gasteiger partial charge in [-0.05, 0) is 24.1 Å². The Bertz CT molecular complexity index is 414. The molecule has 1 aromatic rings. The summed E-state index contributed by atoms with van der Waals surface area (Å²) in [6.45, 7) is 2.03. The summed E-state index contributed by atoms with van der Waals surface area (Å²) in [4.78, 5) is 8.34. The van der Waals surface area contributed by atoms with Crippen molar-refractivity contribution in [3.05, 3.63) is 36.0 Å². The minimum Gasteiger partial charge on any atom is -0.377 e. The molecule has 0 radical (unpaired) electrons. The first kappa shape index (κ1) is 11.6. The second-order valence-electron chi connectivity index (χ2n) is 3.75. The van der Waals surface area contributed by atoms with E-state index in [4.69, 9.17) is 10.5 Å². The number of aromatic nitrogens is 1. The number of anilines is 1. The van der Waals surface area contributed by atoms with E-state index in [1.54, 1.807) is 6.20 Å². The number of rotatable bonds is 3. The predicted octanol–water partition coefficient (Wildman–Crippen LogP) is 1.15. The van der Waals surface area contributed by atoms with Crippen LogP contribution < -0.4 is 11.1 Å². The van der Waals surface area contributed by atoms with Gasteiger partial charge in [0.1, 0.15) is 5.82 Å². The van der Waals surface area contributed by atoms with Gasteiger partial charge in [0.05, 0.1) is 19.8 Å². The van der Waals surface area contributed by atoms with Crippen molar-refractivity contribution in [2.24, 2.45) is 10.7 Å². The van der Waals surface area contributed by atoms with E-state index >= 15 is 0 Å². The third-order valence-electron chi connectivity index (χ3n) is 2.36. The molecule has 1 aliphatic heterocycles. The molecule has 0 amide bonds. The Morgan fingerprint density at radius 3 is 3.18 bits per heavy atom. The Labute approximate surface area is 100 Å². The van der Waals surface area contributed by atoms with Gasteiger partial charge in [-0.3, -0.25) is 0 Å². The molecule has 0 fully saturated rings. The highest BCUT2D eigenvalue weighted by Gasteiger charge is 2.03. The van der Waals surface area contributed by atoms with E-state index in [0.29, 0.717) is 24.9 Å². The molecule has 0 atom stereocenters. The highest BCUT2D eigenvalue weighted by atomic mass is 16.5. The van der Waals surface area contributed by atoms with E-state index in [2.05, 4.69) is 21.4 Å². The van der Waals surface area contributed by atoms with Crippen molar-refractivity contribution >= 4 is 11.8 Å². The molecule has 5 heteroatoms. The van der Waals surface area contributed by atoms with Crippen LogP contribution in [0.3, 0.4) is 0 Å². The topological polar surface area (TPSA) is 72.5 Å². The number of nitrogens with one attached hydrogen (secondary N) is 1. The first-order valence-electron chi connectivity index (χ1n) is 5.58. The summed E-state index contributed by atoms with van der Waals surface area (Å²) in [5.41, 5.74) is 6.92. The molecule has 2 heterocycles. The van der Waals surface area contributed by atoms with E-state index in [0.717, 1.165) is 13.0 Å². The van der Waals surface area contributed by atoms with Gasteiger partial charge in [0.25, 0.3) is 0 Å². The fourth-order valence-electron chi connectivity index (χ4n) is 1.51. The molecule has 0 aliphatic carbocycles. The van der Waals surface area contributed by atoms with Crippen molar-refractivity contribution in [1.29, 1.82) is 0 Å². The van der Waals surface area contributed by atoms with Gasteiger partial charge in [0.2, 0.25) is 0 Å². The van der Waals surface area contributed by atoms with Crippen molar-refractivity contribution in [3.63, 3.8) is 0 Å². The number of pyridine rings is 1. The Morgan fingerprint density at radius 1 is 1.53 bits per heavy atom. The van der Waals surface area contributed by atoms with Gasteiger partial charge < -0.3 is 15.8 Å². The second-order valence-corrected chi connectivity index (χ2v) is 3.75. The van der Waals surface area contributed by atoms with Gasteiger partial charge in [-0.2, -0.15) is 0 Å². The summed E-state index contributed by atoms with van der Waals surface area (Å²) >= 11 is 0. The summed E-state index contributed by atoms with van der Waals surface area (Å²) < 4.78 is 5.32. The number of hydrogen-bond donors (Lipinski definition) is 2. The number of guanidine groups is 1. The maximum Gasteiger partial charge on any atom is 0.194 e. The van der Waals surface area contributed by atoms with E-state index < -0.39 is 0 Å². The fraction of sp³-hybridized carbons (Fsp3) is 0.333. The molecule has 17 heavy (non-hydrogen) atoms. The molecule has 2 rings (SSSR count). The van der Waals surface area contributed by atoms with Crippen LogP contribution in [0.25, 0.3) is 0 Å². The van der Waals surface area contributed by atoms with Gasteiger partial charge in [0, 0.05) is 6.20 Å². The SMILES string of the molecule is NC(=NCC1=CCCOC1)Nc1ccccn1. The molecular weight excluding hydrogens is 216 g/mol. The minimum atomic E-state index is 0.371. The van der Waals surface area contributed by atoms with Crippen LogP contribution in [-0.2, 0) is 4.74 Å². The van der Waals surface area contributed by atoms with Crippen molar-refractivity contribution in [2.75, 3.05) is 25.1 Å². The van der Waals surface area contributed by atoms with Gasteiger partial charge in [-0.1, -0.05) is 12.1 Å². The molecule has 1 aromatic heterocycles. The highest BCUT2D eigenvalue weighted by molar-refractivity contribution is 5.91. The monoisotopic (exact) mass is 232 g/mol. The lowest BCUT2D eigenvalue weighted by Gasteiger charge is -2.12. The Morgan fingerprint density at radius 2 is 2.47 bits per heavy atom.